The quantitative estimate of drug-likeness (QED) is 0.872. The van der Waals surface area contributed by atoms with Gasteiger partial charge in [-0.05, 0) is 48.9 Å². The van der Waals surface area contributed by atoms with Gasteiger partial charge in [-0.15, -0.1) is 0 Å². The minimum Gasteiger partial charge on any atom is -0.341 e. The minimum absolute atomic E-state index is 0.174. The van der Waals surface area contributed by atoms with Crippen molar-refractivity contribution in [2.45, 2.75) is 38.1 Å². The molecule has 1 fully saturated rings. The minimum atomic E-state index is -0.174. The standard InChI is InChI=1S/C17H22N4O/c1-2-16(21-11-3-8-19-21)17(22)20-12-6-15(7-13-20)14-4-9-18-10-5-14/h3-5,8-11,15-16H,2,6-7,12-13H2,1H3. The van der Waals surface area contributed by atoms with Crippen LogP contribution < -0.4 is 0 Å². The molecule has 5 nitrogen and oxygen atoms in total. The first-order valence-electron chi connectivity index (χ1n) is 7.97. The van der Waals surface area contributed by atoms with E-state index in [4.69, 9.17) is 0 Å². The van der Waals surface area contributed by atoms with Crippen LogP contribution in [0, 0.1) is 0 Å². The van der Waals surface area contributed by atoms with Crippen molar-refractivity contribution in [2.75, 3.05) is 13.1 Å². The van der Waals surface area contributed by atoms with E-state index in [1.54, 1.807) is 10.9 Å². The number of hydrogen-bond donors (Lipinski definition) is 0. The molecular formula is C17H22N4O. The first kappa shape index (κ1) is 14.8. The Morgan fingerprint density at radius 3 is 2.59 bits per heavy atom. The molecule has 2 aromatic heterocycles. The summed E-state index contributed by atoms with van der Waals surface area (Å²) < 4.78 is 1.78. The number of nitrogens with zero attached hydrogens (tertiary/aromatic N) is 4. The van der Waals surface area contributed by atoms with Crippen molar-refractivity contribution in [1.29, 1.82) is 0 Å². The van der Waals surface area contributed by atoms with Gasteiger partial charge in [-0.3, -0.25) is 14.5 Å². The Kier molecular flexibility index (Phi) is 4.51. The van der Waals surface area contributed by atoms with Crippen molar-refractivity contribution in [3.05, 3.63) is 48.5 Å². The normalized spacial score (nSPS) is 17.4. The second-order valence-electron chi connectivity index (χ2n) is 5.79. The molecule has 2 aromatic rings. The number of amides is 1. The lowest BCUT2D eigenvalue weighted by Crippen LogP contribution is -2.42. The lowest BCUT2D eigenvalue weighted by atomic mass is 9.90. The number of aromatic nitrogens is 3. The molecule has 0 saturated carbocycles. The van der Waals surface area contributed by atoms with E-state index in [1.165, 1.54) is 5.56 Å². The third-order valence-electron chi connectivity index (χ3n) is 4.50. The van der Waals surface area contributed by atoms with E-state index in [-0.39, 0.29) is 11.9 Å². The predicted octanol–water partition coefficient (Wildman–Crippen LogP) is 2.64. The molecule has 0 aliphatic carbocycles. The van der Waals surface area contributed by atoms with E-state index in [2.05, 4.69) is 22.2 Å². The van der Waals surface area contributed by atoms with E-state index in [9.17, 15) is 4.79 Å². The molecule has 1 aliphatic rings. The van der Waals surface area contributed by atoms with E-state index >= 15 is 0 Å². The largest absolute Gasteiger partial charge is 0.341 e. The summed E-state index contributed by atoms with van der Waals surface area (Å²) in [5.41, 5.74) is 1.33. The molecule has 0 bridgehead atoms. The van der Waals surface area contributed by atoms with Crippen molar-refractivity contribution in [2.24, 2.45) is 0 Å². The topological polar surface area (TPSA) is 51.0 Å². The number of pyridine rings is 1. The Morgan fingerprint density at radius 2 is 2.00 bits per heavy atom. The molecule has 3 heterocycles. The molecular weight excluding hydrogens is 276 g/mol. The van der Waals surface area contributed by atoms with Gasteiger partial charge in [-0.1, -0.05) is 6.92 Å². The fourth-order valence-corrected chi connectivity index (χ4v) is 3.22. The maximum atomic E-state index is 12.7. The van der Waals surface area contributed by atoms with Gasteiger partial charge in [-0.2, -0.15) is 5.10 Å². The summed E-state index contributed by atoms with van der Waals surface area (Å²) >= 11 is 0. The molecule has 1 atom stereocenters. The van der Waals surface area contributed by atoms with Crippen molar-refractivity contribution in [3.63, 3.8) is 0 Å². The van der Waals surface area contributed by atoms with Gasteiger partial charge in [0.25, 0.3) is 0 Å². The van der Waals surface area contributed by atoms with E-state index < -0.39 is 0 Å². The number of carbonyl (C=O) groups is 1. The van der Waals surface area contributed by atoms with Gasteiger partial charge < -0.3 is 4.90 Å². The highest BCUT2D eigenvalue weighted by molar-refractivity contribution is 5.80. The Hall–Kier alpha value is -2.17. The number of rotatable bonds is 4. The zero-order chi connectivity index (χ0) is 15.4. The zero-order valence-corrected chi connectivity index (χ0v) is 12.9. The average molecular weight is 298 g/mol. The Balaban J connectivity index is 1.62. The Labute approximate surface area is 131 Å². The molecule has 0 aromatic carbocycles. The van der Waals surface area contributed by atoms with Gasteiger partial charge in [0.1, 0.15) is 6.04 Å². The predicted molar refractivity (Wildman–Crippen MR) is 84.3 cm³/mol. The van der Waals surface area contributed by atoms with Crippen molar-refractivity contribution >= 4 is 5.91 Å². The summed E-state index contributed by atoms with van der Waals surface area (Å²) in [7, 11) is 0. The summed E-state index contributed by atoms with van der Waals surface area (Å²) in [4.78, 5) is 18.8. The van der Waals surface area contributed by atoms with Crippen LogP contribution in [0.2, 0.25) is 0 Å². The summed E-state index contributed by atoms with van der Waals surface area (Å²) in [5, 5.41) is 4.23. The van der Waals surface area contributed by atoms with Gasteiger partial charge in [-0.25, -0.2) is 0 Å². The van der Waals surface area contributed by atoms with Crippen LogP contribution in [-0.2, 0) is 4.79 Å². The molecule has 1 unspecified atom stereocenters. The van der Waals surface area contributed by atoms with Crippen LogP contribution in [0.15, 0.2) is 43.0 Å². The number of hydrogen-bond acceptors (Lipinski definition) is 3. The summed E-state index contributed by atoms with van der Waals surface area (Å²) in [6.07, 6.45) is 10.1. The fourth-order valence-electron chi connectivity index (χ4n) is 3.22. The van der Waals surface area contributed by atoms with E-state index in [0.29, 0.717) is 5.92 Å². The van der Waals surface area contributed by atoms with Gasteiger partial charge >= 0.3 is 0 Å². The van der Waals surface area contributed by atoms with Gasteiger partial charge in [0, 0.05) is 37.9 Å². The monoisotopic (exact) mass is 298 g/mol. The summed E-state index contributed by atoms with van der Waals surface area (Å²) in [5.74, 6) is 0.733. The maximum Gasteiger partial charge on any atom is 0.247 e. The average Bonchev–Trinajstić information content (AvgIpc) is 3.11. The third-order valence-corrected chi connectivity index (χ3v) is 4.50. The van der Waals surface area contributed by atoms with Crippen LogP contribution in [-0.4, -0.2) is 38.7 Å². The van der Waals surface area contributed by atoms with Crippen LogP contribution in [0.4, 0.5) is 0 Å². The molecule has 22 heavy (non-hydrogen) atoms. The molecule has 116 valence electrons. The second kappa shape index (κ2) is 6.73. The first-order chi connectivity index (χ1) is 10.8. The zero-order valence-electron chi connectivity index (χ0n) is 12.9. The summed E-state index contributed by atoms with van der Waals surface area (Å²) in [6, 6.07) is 5.86. The summed E-state index contributed by atoms with van der Waals surface area (Å²) in [6.45, 7) is 3.68. The van der Waals surface area contributed by atoms with Gasteiger partial charge in [0.2, 0.25) is 5.91 Å². The molecule has 1 saturated heterocycles. The first-order valence-corrected chi connectivity index (χ1v) is 7.97. The molecule has 1 amide bonds. The van der Waals surface area contributed by atoms with Crippen molar-refractivity contribution < 1.29 is 4.79 Å². The van der Waals surface area contributed by atoms with Crippen molar-refractivity contribution in [1.82, 2.24) is 19.7 Å². The van der Waals surface area contributed by atoms with Crippen molar-refractivity contribution in [3.8, 4) is 0 Å². The van der Waals surface area contributed by atoms with Crippen LogP contribution in [0.3, 0.4) is 0 Å². The van der Waals surface area contributed by atoms with E-state index in [1.807, 2.05) is 36.5 Å². The highest BCUT2D eigenvalue weighted by atomic mass is 16.2. The smallest absolute Gasteiger partial charge is 0.247 e. The van der Waals surface area contributed by atoms with Gasteiger partial charge in [0.15, 0.2) is 0 Å². The molecule has 0 N–H and O–H groups in total. The number of likely N-dealkylation sites (tertiary alicyclic amines) is 1. The van der Waals surface area contributed by atoms with Crippen LogP contribution in [0.25, 0.3) is 0 Å². The number of carbonyl (C=O) groups excluding carboxylic acids is 1. The highest BCUT2D eigenvalue weighted by Gasteiger charge is 2.28. The van der Waals surface area contributed by atoms with E-state index in [0.717, 1.165) is 32.4 Å². The molecule has 0 spiro atoms. The second-order valence-corrected chi connectivity index (χ2v) is 5.79. The Bertz CT molecular complexity index is 588. The SMILES string of the molecule is CCC(C(=O)N1CCC(c2ccncc2)CC1)n1cccn1. The molecule has 3 rings (SSSR count). The van der Waals surface area contributed by atoms with Gasteiger partial charge in [0.05, 0.1) is 0 Å². The molecule has 0 radical (unpaired) electrons. The highest BCUT2D eigenvalue weighted by Crippen LogP contribution is 2.28. The maximum absolute atomic E-state index is 12.7. The lowest BCUT2D eigenvalue weighted by Gasteiger charge is -2.34. The number of piperidine rings is 1. The lowest BCUT2D eigenvalue weighted by molar-refractivity contribution is -0.136. The van der Waals surface area contributed by atoms with Crippen LogP contribution in [0.1, 0.15) is 43.7 Å². The third kappa shape index (κ3) is 3.03. The fraction of sp³-hybridized carbons (Fsp3) is 0.471. The molecule has 5 heteroatoms. The van der Waals surface area contributed by atoms with Crippen LogP contribution >= 0.6 is 0 Å². The van der Waals surface area contributed by atoms with Crippen LogP contribution in [0.5, 0.6) is 0 Å². The molecule has 1 aliphatic heterocycles. The Morgan fingerprint density at radius 1 is 1.27 bits per heavy atom.